The zero-order valence-corrected chi connectivity index (χ0v) is 9.82. The number of aromatic hydroxyl groups is 1. The predicted octanol–water partition coefficient (Wildman–Crippen LogP) is 2.63. The van der Waals surface area contributed by atoms with Crippen molar-refractivity contribution >= 4 is 16.9 Å². The minimum Gasteiger partial charge on any atom is -0.507 e. The normalized spacial score (nSPS) is 11.9. The summed E-state index contributed by atoms with van der Waals surface area (Å²) in [4.78, 5) is 13.8. The highest BCUT2D eigenvalue weighted by Gasteiger charge is 2.27. The van der Waals surface area contributed by atoms with E-state index in [9.17, 15) is 9.90 Å². The lowest BCUT2D eigenvalue weighted by molar-refractivity contribution is -0.138. The summed E-state index contributed by atoms with van der Waals surface area (Å²) in [5.74, 6) is -0.710. The van der Waals surface area contributed by atoms with E-state index in [1.807, 2.05) is 19.9 Å². The summed E-state index contributed by atoms with van der Waals surface area (Å²) < 4.78 is 0. The van der Waals surface area contributed by atoms with Gasteiger partial charge in [-0.1, -0.05) is 19.9 Å². The molecule has 2 rings (SSSR count). The van der Waals surface area contributed by atoms with Crippen LogP contribution in [0.4, 0.5) is 0 Å². The van der Waals surface area contributed by atoms with Crippen molar-refractivity contribution in [3.8, 4) is 5.75 Å². The van der Waals surface area contributed by atoms with Crippen LogP contribution in [0, 0.1) is 0 Å². The summed E-state index contributed by atoms with van der Waals surface area (Å²) >= 11 is 0. The highest BCUT2D eigenvalue weighted by Crippen LogP contribution is 2.38. The Hall–Kier alpha value is -1.97. The zero-order valence-electron chi connectivity index (χ0n) is 9.82. The number of hydrogen-bond acceptors (Lipinski definition) is 2. The largest absolute Gasteiger partial charge is 0.507 e. The van der Waals surface area contributed by atoms with Gasteiger partial charge in [-0.25, -0.2) is 0 Å². The molecule has 1 aromatic carbocycles. The number of carbonyl (C=O) groups is 1. The second-order valence-corrected chi connectivity index (χ2v) is 4.86. The zero-order chi connectivity index (χ0) is 12.6. The molecule has 0 atom stereocenters. The summed E-state index contributed by atoms with van der Waals surface area (Å²) in [6.07, 6.45) is 1.73. The van der Waals surface area contributed by atoms with E-state index in [0.717, 1.165) is 10.9 Å². The molecule has 3 N–H and O–H groups in total. The van der Waals surface area contributed by atoms with Gasteiger partial charge in [0.25, 0.3) is 0 Å². The number of benzene rings is 1. The molecule has 0 spiro atoms. The van der Waals surface area contributed by atoms with Gasteiger partial charge in [0.1, 0.15) is 5.75 Å². The molecule has 0 aliphatic heterocycles. The number of aromatic nitrogens is 1. The summed E-state index contributed by atoms with van der Waals surface area (Å²) in [7, 11) is 0. The molecule has 0 fully saturated rings. The van der Waals surface area contributed by atoms with Crippen molar-refractivity contribution < 1.29 is 15.0 Å². The van der Waals surface area contributed by atoms with Crippen LogP contribution in [0.3, 0.4) is 0 Å². The molecule has 1 heterocycles. The van der Waals surface area contributed by atoms with Gasteiger partial charge < -0.3 is 15.2 Å². The van der Waals surface area contributed by atoms with Crippen LogP contribution in [-0.4, -0.2) is 21.2 Å². The molecule has 2 aromatic rings. The van der Waals surface area contributed by atoms with Crippen LogP contribution in [0.2, 0.25) is 0 Å². The van der Waals surface area contributed by atoms with Crippen molar-refractivity contribution in [2.75, 3.05) is 0 Å². The molecule has 1 aromatic heterocycles. The number of aromatic amines is 1. The van der Waals surface area contributed by atoms with Gasteiger partial charge in [0, 0.05) is 28.1 Å². The monoisotopic (exact) mass is 233 g/mol. The molecule has 17 heavy (non-hydrogen) atoms. The van der Waals surface area contributed by atoms with Crippen molar-refractivity contribution in [3.63, 3.8) is 0 Å². The number of nitrogens with one attached hydrogen (secondary N) is 1. The fraction of sp³-hybridized carbons (Fsp3) is 0.308. The van der Waals surface area contributed by atoms with Gasteiger partial charge >= 0.3 is 5.97 Å². The smallest absolute Gasteiger partial charge is 0.304 e. The number of phenols is 1. The van der Waals surface area contributed by atoms with Gasteiger partial charge in [0.15, 0.2) is 0 Å². The number of phenolic OH excluding ortho intramolecular Hbond substituents is 1. The molecule has 0 radical (unpaired) electrons. The number of carboxylic acid groups (broad SMARTS) is 1. The number of rotatable bonds is 3. The van der Waals surface area contributed by atoms with Crippen molar-refractivity contribution in [2.45, 2.75) is 25.7 Å². The Bertz CT molecular complexity index is 569. The van der Waals surface area contributed by atoms with E-state index in [1.54, 1.807) is 18.3 Å². The molecule has 4 heteroatoms. The van der Waals surface area contributed by atoms with Crippen LogP contribution in [0.15, 0.2) is 24.4 Å². The third-order valence-corrected chi connectivity index (χ3v) is 3.03. The number of H-pyrrole nitrogens is 1. The summed E-state index contributed by atoms with van der Waals surface area (Å²) in [5, 5.41) is 19.8. The Morgan fingerprint density at radius 2 is 2.06 bits per heavy atom. The van der Waals surface area contributed by atoms with Crippen LogP contribution in [0.25, 0.3) is 10.9 Å². The Kier molecular flexibility index (Phi) is 2.58. The van der Waals surface area contributed by atoms with E-state index in [0.29, 0.717) is 5.56 Å². The van der Waals surface area contributed by atoms with Gasteiger partial charge in [0.05, 0.1) is 6.42 Å². The highest BCUT2D eigenvalue weighted by molar-refractivity contribution is 5.87. The van der Waals surface area contributed by atoms with E-state index in [4.69, 9.17) is 5.11 Å². The second-order valence-electron chi connectivity index (χ2n) is 4.86. The van der Waals surface area contributed by atoms with E-state index >= 15 is 0 Å². The van der Waals surface area contributed by atoms with E-state index in [1.165, 1.54) is 0 Å². The molecule has 4 nitrogen and oxygen atoms in total. The maximum atomic E-state index is 10.8. The summed E-state index contributed by atoms with van der Waals surface area (Å²) in [6, 6.07) is 5.41. The lowest BCUT2D eigenvalue weighted by Crippen LogP contribution is -2.21. The molecule has 0 aliphatic rings. The number of hydrogen-bond donors (Lipinski definition) is 3. The maximum Gasteiger partial charge on any atom is 0.304 e. The highest BCUT2D eigenvalue weighted by atomic mass is 16.4. The lowest BCUT2D eigenvalue weighted by atomic mass is 9.80. The fourth-order valence-electron chi connectivity index (χ4n) is 2.14. The Morgan fingerprint density at radius 1 is 1.35 bits per heavy atom. The van der Waals surface area contributed by atoms with Crippen LogP contribution in [0.5, 0.6) is 5.75 Å². The first kappa shape index (κ1) is 11.5. The maximum absolute atomic E-state index is 10.8. The third-order valence-electron chi connectivity index (χ3n) is 3.03. The topological polar surface area (TPSA) is 73.3 Å². The van der Waals surface area contributed by atoms with Crippen molar-refractivity contribution in [1.29, 1.82) is 0 Å². The van der Waals surface area contributed by atoms with Gasteiger partial charge in [-0.05, 0) is 12.1 Å². The average Bonchev–Trinajstić information content (AvgIpc) is 2.64. The van der Waals surface area contributed by atoms with Crippen LogP contribution < -0.4 is 0 Å². The Labute approximate surface area is 98.9 Å². The first-order chi connectivity index (χ1) is 7.92. The van der Waals surface area contributed by atoms with Gasteiger partial charge in [0.2, 0.25) is 0 Å². The summed E-state index contributed by atoms with van der Waals surface area (Å²) in [5.41, 5.74) is 0.908. The fourth-order valence-corrected chi connectivity index (χ4v) is 2.14. The van der Waals surface area contributed by atoms with Crippen molar-refractivity contribution in [3.05, 3.63) is 30.0 Å². The second kappa shape index (κ2) is 3.80. The van der Waals surface area contributed by atoms with E-state index < -0.39 is 11.4 Å². The molecular weight excluding hydrogens is 218 g/mol. The summed E-state index contributed by atoms with van der Waals surface area (Å²) in [6.45, 7) is 3.63. The van der Waals surface area contributed by atoms with Crippen LogP contribution in [-0.2, 0) is 10.2 Å². The van der Waals surface area contributed by atoms with Crippen LogP contribution >= 0.6 is 0 Å². The van der Waals surface area contributed by atoms with Crippen molar-refractivity contribution in [1.82, 2.24) is 4.98 Å². The molecule has 0 aliphatic carbocycles. The quantitative estimate of drug-likeness (QED) is 0.763. The molecule has 0 saturated heterocycles. The van der Waals surface area contributed by atoms with E-state index in [-0.39, 0.29) is 12.2 Å². The molecule has 90 valence electrons. The first-order valence-corrected chi connectivity index (χ1v) is 5.43. The average molecular weight is 233 g/mol. The Morgan fingerprint density at radius 3 is 2.71 bits per heavy atom. The lowest BCUT2D eigenvalue weighted by Gasteiger charge is -2.24. The first-order valence-electron chi connectivity index (χ1n) is 5.43. The molecule has 0 saturated carbocycles. The molecular formula is C13H15NO3. The van der Waals surface area contributed by atoms with Gasteiger partial charge in [-0.15, -0.1) is 0 Å². The minimum absolute atomic E-state index is 0.0174. The SMILES string of the molecule is CC(C)(CC(=O)O)c1ccc2[nH]ccc2c1O. The minimum atomic E-state index is -0.872. The number of carboxylic acids is 1. The molecule has 0 unspecified atom stereocenters. The van der Waals surface area contributed by atoms with Crippen molar-refractivity contribution in [2.24, 2.45) is 0 Å². The Balaban J connectivity index is 2.54. The predicted molar refractivity (Wildman–Crippen MR) is 65.2 cm³/mol. The van der Waals surface area contributed by atoms with Gasteiger partial charge in [-0.2, -0.15) is 0 Å². The molecule has 0 amide bonds. The third kappa shape index (κ3) is 1.98. The number of aliphatic carboxylic acids is 1. The standard InChI is InChI=1S/C13H15NO3/c1-13(2,7-11(15)16)9-3-4-10-8(12(9)17)5-6-14-10/h3-6,14,17H,7H2,1-2H3,(H,15,16). The van der Waals surface area contributed by atoms with Crippen LogP contribution in [0.1, 0.15) is 25.8 Å². The molecule has 0 bridgehead atoms. The van der Waals surface area contributed by atoms with E-state index in [2.05, 4.69) is 4.98 Å². The van der Waals surface area contributed by atoms with Gasteiger partial charge in [-0.3, -0.25) is 4.79 Å². The number of fused-ring (bicyclic) bond motifs is 1.